The molecule has 2 amide bonds. The van der Waals surface area contributed by atoms with Crippen LogP contribution in [0.3, 0.4) is 0 Å². The summed E-state index contributed by atoms with van der Waals surface area (Å²) in [6.07, 6.45) is 1.60. The highest BCUT2D eigenvalue weighted by atomic mass is 32.2. The van der Waals surface area contributed by atoms with Gasteiger partial charge in [0.1, 0.15) is 11.8 Å². The minimum atomic E-state index is -3.54. The van der Waals surface area contributed by atoms with Gasteiger partial charge >= 0.3 is 0 Å². The molecule has 0 radical (unpaired) electrons. The molecule has 37 heavy (non-hydrogen) atoms. The second-order valence-electron chi connectivity index (χ2n) is 9.84. The lowest BCUT2D eigenvalue weighted by Gasteiger charge is -2.30. The molecule has 1 atom stereocenters. The molecule has 0 saturated carbocycles. The molecule has 2 aromatic rings. The molecule has 204 valence electrons. The summed E-state index contributed by atoms with van der Waals surface area (Å²) in [6, 6.07) is 12.2. The van der Waals surface area contributed by atoms with E-state index in [1.165, 1.54) is 10.6 Å². The minimum Gasteiger partial charge on any atom is -0.497 e. The van der Waals surface area contributed by atoms with Crippen LogP contribution in [-0.2, 0) is 26.2 Å². The van der Waals surface area contributed by atoms with Crippen molar-refractivity contribution in [2.75, 3.05) is 30.8 Å². The Labute approximate surface area is 222 Å². The van der Waals surface area contributed by atoms with E-state index in [9.17, 15) is 18.0 Å². The summed E-state index contributed by atoms with van der Waals surface area (Å²) in [5.41, 5.74) is 3.36. The Morgan fingerprint density at radius 3 is 2.24 bits per heavy atom. The molecule has 1 N–H and O–H groups in total. The maximum atomic E-state index is 13.4. The highest BCUT2D eigenvalue weighted by Gasteiger charge is 2.27. The number of anilines is 1. The van der Waals surface area contributed by atoms with E-state index < -0.39 is 16.1 Å². The van der Waals surface area contributed by atoms with E-state index in [0.29, 0.717) is 24.4 Å². The third-order valence-electron chi connectivity index (χ3n) is 6.36. The number of carbonyl (C=O) groups excluding carboxylic acids is 2. The standard InChI is InChI=1S/C28H41N3O5S/c1-20(2)18-29-28(33)23(5)30(19-24-13-15-25(36-6)16-14-24)27(32)12-9-17-31(37(7,34)35)26-11-8-10-21(3)22(26)4/h8,10-11,13-16,20,23H,9,12,17-19H2,1-7H3,(H,29,33). The summed E-state index contributed by atoms with van der Waals surface area (Å²) >= 11 is 0. The normalized spacial score (nSPS) is 12.2. The molecule has 9 heteroatoms. The van der Waals surface area contributed by atoms with Crippen molar-refractivity contribution in [3.63, 3.8) is 0 Å². The lowest BCUT2D eigenvalue weighted by atomic mass is 10.1. The summed E-state index contributed by atoms with van der Waals surface area (Å²) in [4.78, 5) is 27.8. The van der Waals surface area contributed by atoms with Crippen LogP contribution in [0, 0.1) is 19.8 Å². The van der Waals surface area contributed by atoms with E-state index in [4.69, 9.17) is 4.74 Å². The topological polar surface area (TPSA) is 96.0 Å². The van der Waals surface area contributed by atoms with Crippen LogP contribution in [-0.4, -0.2) is 57.6 Å². The fourth-order valence-corrected chi connectivity index (χ4v) is 4.97. The molecule has 0 fully saturated rings. The van der Waals surface area contributed by atoms with Gasteiger partial charge in [0.15, 0.2) is 0 Å². The molecule has 0 spiro atoms. The van der Waals surface area contributed by atoms with Gasteiger partial charge in [-0.25, -0.2) is 8.42 Å². The third kappa shape index (κ3) is 8.77. The van der Waals surface area contributed by atoms with Crippen molar-refractivity contribution in [3.05, 3.63) is 59.2 Å². The number of hydrogen-bond donors (Lipinski definition) is 1. The van der Waals surface area contributed by atoms with Crippen LogP contribution < -0.4 is 14.4 Å². The number of nitrogens with one attached hydrogen (secondary N) is 1. The van der Waals surface area contributed by atoms with Crippen molar-refractivity contribution in [1.82, 2.24) is 10.2 Å². The van der Waals surface area contributed by atoms with Crippen molar-refractivity contribution < 1.29 is 22.7 Å². The molecule has 0 heterocycles. The van der Waals surface area contributed by atoms with E-state index in [1.807, 2.05) is 64.1 Å². The van der Waals surface area contributed by atoms with Crippen LogP contribution in [0.15, 0.2) is 42.5 Å². The number of aryl methyl sites for hydroxylation is 1. The highest BCUT2D eigenvalue weighted by Crippen LogP contribution is 2.25. The third-order valence-corrected chi connectivity index (χ3v) is 7.54. The van der Waals surface area contributed by atoms with Gasteiger partial charge in [0.25, 0.3) is 0 Å². The second-order valence-corrected chi connectivity index (χ2v) is 11.7. The Hall–Kier alpha value is -3.07. The van der Waals surface area contributed by atoms with Crippen LogP contribution in [0.5, 0.6) is 5.75 Å². The number of ether oxygens (including phenoxy) is 1. The Balaban J connectivity index is 2.20. The first-order valence-electron chi connectivity index (χ1n) is 12.6. The molecule has 1 unspecified atom stereocenters. The summed E-state index contributed by atoms with van der Waals surface area (Å²) in [6.45, 7) is 10.5. The monoisotopic (exact) mass is 531 g/mol. The summed E-state index contributed by atoms with van der Waals surface area (Å²) in [5, 5.41) is 2.91. The van der Waals surface area contributed by atoms with Crippen molar-refractivity contribution in [1.29, 1.82) is 0 Å². The van der Waals surface area contributed by atoms with Gasteiger partial charge in [0, 0.05) is 26.1 Å². The van der Waals surface area contributed by atoms with E-state index in [-0.39, 0.29) is 37.2 Å². The molecule has 0 aromatic heterocycles. The van der Waals surface area contributed by atoms with Crippen LogP contribution in [0.1, 0.15) is 50.3 Å². The average molecular weight is 532 g/mol. The largest absolute Gasteiger partial charge is 0.497 e. The quantitative estimate of drug-likeness (QED) is 0.421. The van der Waals surface area contributed by atoms with Crippen molar-refractivity contribution in [2.45, 2.75) is 60.0 Å². The lowest BCUT2D eigenvalue weighted by Crippen LogP contribution is -2.48. The van der Waals surface area contributed by atoms with Gasteiger partial charge in [0.2, 0.25) is 21.8 Å². The average Bonchev–Trinajstić information content (AvgIpc) is 2.84. The van der Waals surface area contributed by atoms with Gasteiger partial charge in [-0.1, -0.05) is 38.1 Å². The SMILES string of the molecule is COc1ccc(CN(C(=O)CCCN(c2cccc(C)c2C)S(C)(=O)=O)C(C)C(=O)NCC(C)C)cc1. The molecular weight excluding hydrogens is 490 g/mol. The van der Waals surface area contributed by atoms with Crippen molar-refractivity contribution in [3.8, 4) is 5.75 Å². The van der Waals surface area contributed by atoms with Crippen LogP contribution >= 0.6 is 0 Å². The maximum Gasteiger partial charge on any atom is 0.242 e. The van der Waals surface area contributed by atoms with Gasteiger partial charge in [0.05, 0.1) is 19.1 Å². The number of nitrogens with zero attached hydrogens (tertiary/aromatic N) is 2. The first-order valence-corrected chi connectivity index (χ1v) is 14.4. The fourth-order valence-electron chi connectivity index (χ4n) is 3.95. The van der Waals surface area contributed by atoms with E-state index in [2.05, 4.69) is 5.32 Å². The Morgan fingerprint density at radius 1 is 1.03 bits per heavy atom. The van der Waals surface area contributed by atoms with Crippen LogP contribution in [0.25, 0.3) is 0 Å². The lowest BCUT2D eigenvalue weighted by molar-refractivity contribution is -0.140. The van der Waals surface area contributed by atoms with Gasteiger partial charge < -0.3 is 15.0 Å². The zero-order valence-electron chi connectivity index (χ0n) is 23.1. The first kappa shape index (κ1) is 30.2. The Bertz CT molecular complexity index is 1160. The Kier molecular flexibility index (Phi) is 11.0. The number of benzene rings is 2. The summed E-state index contributed by atoms with van der Waals surface area (Å²) in [7, 11) is -1.96. The van der Waals surface area contributed by atoms with Crippen LogP contribution in [0.4, 0.5) is 5.69 Å². The second kappa shape index (κ2) is 13.5. The fraction of sp³-hybridized carbons (Fsp3) is 0.500. The molecule has 0 saturated heterocycles. The van der Waals surface area contributed by atoms with Gasteiger partial charge in [-0.2, -0.15) is 0 Å². The molecule has 0 aliphatic carbocycles. The summed E-state index contributed by atoms with van der Waals surface area (Å²) in [5.74, 6) is 0.562. The number of amides is 2. The smallest absolute Gasteiger partial charge is 0.242 e. The number of sulfonamides is 1. The number of carbonyl (C=O) groups is 2. The number of methoxy groups -OCH3 is 1. The van der Waals surface area contributed by atoms with E-state index in [0.717, 1.165) is 16.7 Å². The van der Waals surface area contributed by atoms with E-state index in [1.54, 1.807) is 25.0 Å². The van der Waals surface area contributed by atoms with Crippen molar-refractivity contribution >= 4 is 27.5 Å². The molecule has 0 aliphatic heterocycles. The summed E-state index contributed by atoms with van der Waals surface area (Å²) < 4.78 is 31.8. The van der Waals surface area contributed by atoms with Gasteiger partial charge in [-0.15, -0.1) is 0 Å². The number of hydrogen-bond acceptors (Lipinski definition) is 5. The van der Waals surface area contributed by atoms with Crippen molar-refractivity contribution in [2.24, 2.45) is 5.92 Å². The zero-order chi connectivity index (χ0) is 27.8. The molecule has 2 aromatic carbocycles. The predicted octanol–water partition coefficient (Wildman–Crippen LogP) is 4.05. The van der Waals surface area contributed by atoms with Crippen LogP contribution in [0.2, 0.25) is 0 Å². The van der Waals surface area contributed by atoms with Gasteiger partial charge in [-0.3, -0.25) is 13.9 Å². The molecule has 0 aliphatic rings. The van der Waals surface area contributed by atoms with E-state index >= 15 is 0 Å². The molecule has 2 rings (SSSR count). The zero-order valence-corrected chi connectivity index (χ0v) is 23.9. The number of rotatable bonds is 13. The molecule has 0 bridgehead atoms. The van der Waals surface area contributed by atoms with Gasteiger partial charge in [-0.05, 0) is 68.0 Å². The molecular formula is C28H41N3O5S. The Morgan fingerprint density at radius 2 is 1.68 bits per heavy atom. The maximum absolute atomic E-state index is 13.4. The highest BCUT2D eigenvalue weighted by molar-refractivity contribution is 7.92. The predicted molar refractivity (Wildman–Crippen MR) is 148 cm³/mol. The first-order chi connectivity index (χ1) is 17.3. The molecule has 8 nitrogen and oxygen atoms in total. The minimum absolute atomic E-state index is 0.106.